The molecule has 8 heteroatoms. The molecule has 0 bridgehead atoms. The van der Waals surface area contributed by atoms with Gasteiger partial charge in [-0.3, -0.25) is 9.78 Å². The molecule has 0 fully saturated rings. The molecule has 1 N–H and O–H groups in total. The Hall–Kier alpha value is -3.39. The third-order valence-electron chi connectivity index (χ3n) is 4.30. The van der Waals surface area contributed by atoms with Gasteiger partial charge in [0.15, 0.2) is 6.61 Å². The highest BCUT2D eigenvalue weighted by Gasteiger charge is 2.11. The van der Waals surface area contributed by atoms with Crippen LogP contribution < -0.4 is 10.1 Å². The van der Waals surface area contributed by atoms with Crippen LogP contribution in [-0.4, -0.2) is 33.4 Å². The van der Waals surface area contributed by atoms with Crippen LogP contribution in [0.1, 0.15) is 11.5 Å². The Morgan fingerprint density at radius 3 is 2.80 bits per heavy atom. The van der Waals surface area contributed by atoms with Crippen molar-refractivity contribution in [3.8, 4) is 5.75 Å². The van der Waals surface area contributed by atoms with Gasteiger partial charge in [-0.05, 0) is 24.1 Å². The summed E-state index contributed by atoms with van der Waals surface area (Å²) in [5, 5.41) is 12.2. The summed E-state index contributed by atoms with van der Waals surface area (Å²) in [7, 11) is 0. The monoisotopic (exact) mass is 420 g/mol. The van der Waals surface area contributed by atoms with Crippen molar-refractivity contribution in [1.82, 2.24) is 20.5 Å². The van der Waals surface area contributed by atoms with Crippen LogP contribution in [0, 0.1) is 0 Å². The molecule has 0 aliphatic heterocycles. The van der Waals surface area contributed by atoms with Gasteiger partial charge in [-0.2, -0.15) is 0 Å². The summed E-state index contributed by atoms with van der Waals surface area (Å²) in [6.45, 7) is 0.720. The van der Waals surface area contributed by atoms with E-state index in [1.165, 1.54) is 17.3 Å². The predicted octanol–water partition coefficient (Wildman–Crippen LogP) is 3.65. The highest BCUT2D eigenvalue weighted by molar-refractivity contribution is 7.99. The Bertz CT molecular complexity index is 1110. The van der Waals surface area contributed by atoms with Gasteiger partial charge in [0.2, 0.25) is 5.91 Å². The molecule has 30 heavy (non-hydrogen) atoms. The van der Waals surface area contributed by atoms with Gasteiger partial charge in [0.25, 0.3) is 11.1 Å². The van der Waals surface area contributed by atoms with Crippen LogP contribution in [0.5, 0.6) is 5.75 Å². The largest absolute Gasteiger partial charge is 0.482 e. The summed E-state index contributed by atoms with van der Waals surface area (Å²) in [5.74, 6) is 1.13. The number of rotatable bonds is 9. The summed E-state index contributed by atoms with van der Waals surface area (Å²) < 4.78 is 11.3. The molecule has 2 heterocycles. The average molecular weight is 420 g/mol. The molecule has 4 rings (SSSR count). The first kappa shape index (κ1) is 19.9. The van der Waals surface area contributed by atoms with E-state index >= 15 is 0 Å². The Morgan fingerprint density at radius 1 is 1.03 bits per heavy atom. The van der Waals surface area contributed by atoms with Gasteiger partial charge < -0.3 is 14.5 Å². The number of carbonyl (C=O) groups excluding carboxylic acids is 1. The normalized spacial score (nSPS) is 10.8. The third kappa shape index (κ3) is 5.36. The number of nitrogens with one attached hydrogen (secondary N) is 1. The van der Waals surface area contributed by atoms with Crippen molar-refractivity contribution < 1.29 is 13.9 Å². The smallest absolute Gasteiger partial charge is 0.277 e. The highest BCUT2D eigenvalue weighted by Crippen LogP contribution is 2.24. The molecule has 0 unspecified atom stereocenters. The predicted molar refractivity (Wildman–Crippen MR) is 114 cm³/mol. The number of aromatic nitrogens is 3. The lowest BCUT2D eigenvalue weighted by Gasteiger charge is -2.06. The molecule has 0 spiro atoms. The summed E-state index contributed by atoms with van der Waals surface area (Å²) >= 11 is 1.20. The van der Waals surface area contributed by atoms with Crippen molar-refractivity contribution in [1.29, 1.82) is 0 Å². The summed E-state index contributed by atoms with van der Waals surface area (Å²) in [4.78, 5) is 16.3. The number of amides is 1. The van der Waals surface area contributed by atoms with E-state index in [1.54, 1.807) is 6.20 Å². The molecule has 2 aromatic heterocycles. The van der Waals surface area contributed by atoms with Gasteiger partial charge in [0, 0.05) is 18.1 Å². The lowest BCUT2D eigenvalue weighted by Crippen LogP contribution is -2.27. The van der Waals surface area contributed by atoms with Crippen LogP contribution in [0.25, 0.3) is 10.9 Å². The number of hydrogen-bond donors (Lipinski definition) is 1. The second-order valence-electron chi connectivity index (χ2n) is 6.46. The zero-order valence-electron chi connectivity index (χ0n) is 16.2. The maximum atomic E-state index is 12.0. The maximum Gasteiger partial charge on any atom is 0.277 e. The number of benzene rings is 2. The third-order valence-corrected chi connectivity index (χ3v) is 5.12. The highest BCUT2D eigenvalue weighted by atomic mass is 32.2. The molecule has 0 saturated heterocycles. The molecule has 152 valence electrons. The fourth-order valence-electron chi connectivity index (χ4n) is 2.86. The van der Waals surface area contributed by atoms with E-state index in [9.17, 15) is 4.79 Å². The number of thioether (sulfide) groups is 1. The molecule has 0 radical (unpaired) electrons. The standard InChI is InChI=1S/C22H20N4O3S/c27-19(23-13-11-16-6-2-1-3-7-16)15-30-22-26-25-20(29-22)14-28-18-10-4-8-17-9-5-12-24-21(17)18/h1-10,12H,11,13-15H2,(H,23,27). The molecule has 0 aliphatic carbocycles. The van der Waals surface area contributed by atoms with Crippen LogP contribution in [-0.2, 0) is 17.8 Å². The van der Waals surface area contributed by atoms with E-state index in [-0.39, 0.29) is 18.3 Å². The van der Waals surface area contributed by atoms with Crippen LogP contribution in [0.2, 0.25) is 0 Å². The number of fused-ring (bicyclic) bond motifs is 1. The van der Waals surface area contributed by atoms with Crippen LogP contribution in [0.3, 0.4) is 0 Å². The van der Waals surface area contributed by atoms with Crippen LogP contribution >= 0.6 is 11.8 Å². The van der Waals surface area contributed by atoms with Crippen molar-refractivity contribution in [2.45, 2.75) is 18.3 Å². The van der Waals surface area contributed by atoms with Crippen LogP contribution in [0.4, 0.5) is 0 Å². The van der Waals surface area contributed by atoms with Crippen LogP contribution in [0.15, 0.2) is 76.5 Å². The molecule has 0 saturated carbocycles. The fourth-order valence-corrected chi connectivity index (χ4v) is 3.47. The zero-order chi connectivity index (χ0) is 20.6. The molecule has 7 nitrogen and oxygen atoms in total. The Labute approximate surface area is 177 Å². The quantitative estimate of drug-likeness (QED) is 0.413. The summed E-state index contributed by atoms with van der Waals surface area (Å²) in [5.41, 5.74) is 1.97. The van der Waals surface area contributed by atoms with Gasteiger partial charge in [0.1, 0.15) is 11.3 Å². The lowest BCUT2D eigenvalue weighted by atomic mass is 10.1. The summed E-state index contributed by atoms with van der Waals surface area (Å²) in [6, 6.07) is 19.6. The first-order valence-corrected chi connectivity index (χ1v) is 10.5. The lowest BCUT2D eigenvalue weighted by molar-refractivity contribution is -0.118. The van der Waals surface area contributed by atoms with Gasteiger partial charge in [-0.15, -0.1) is 10.2 Å². The number of para-hydroxylation sites is 1. The topological polar surface area (TPSA) is 90.1 Å². The van der Waals surface area contributed by atoms with Crippen molar-refractivity contribution in [3.05, 3.63) is 78.3 Å². The van der Waals surface area contributed by atoms with Gasteiger partial charge in [-0.25, -0.2) is 0 Å². The minimum atomic E-state index is -0.0752. The van der Waals surface area contributed by atoms with Gasteiger partial charge in [-0.1, -0.05) is 60.3 Å². The minimum Gasteiger partial charge on any atom is -0.482 e. The molecule has 4 aromatic rings. The SMILES string of the molecule is O=C(CSc1nnc(COc2cccc3cccnc23)o1)NCCc1ccccc1. The Kier molecular flexibility index (Phi) is 6.56. The van der Waals surface area contributed by atoms with Gasteiger partial charge in [0.05, 0.1) is 5.75 Å². The maximum absolute atomic E-state index is 12.0. The van der Waals surface area contributed by atoms with Crippen molar-refractivity contribution in [3.63, 3.8) is 0 Å². The van der Waals surface area contributed by atoms with E-state index in [2.05, 4.69) is 20.5 Å². The molecular weight excluding hydrogens is 400 g/mol. The van der Waals surface area contributed by atoms with E-state index in [4.69, 9.17) is 9.15 Å². The van der Waals surface area contributed by atoms with Gasteiger partial charge >= 0.3 is 0 Å². The number of carbonyl (C=O) groups is 1. The minimum absolute atomic E-state index is 0.0752. The second-order valence-corrected chi connectivity index (χ2v) is 7.38. The summed E-state index contributed by atoms with van der Waals surface area (Å²) in [6.07, 6.45) is 2.52. The van der Waals surface area contributed by atoms with Crippen molar-refractivity contribution in [2.24, 2.45) is 0 Å². The zero-order valence-corrected chi connectivity index (χ0v) is 17.0. The fraction of sp³-hybridized carbons (Fsp3) is 0.182. The first-order chi connectivity index (χ1) is 14.8. The molecule has 0 aliphatic rings. The second kappa shape index (κ2) is 9.89. The number of hydrogen-bond acceptors (Lipinski definition) is 7. The number of pyridine rings is 1. The average Bonchev–Trinajstić information content (AvgIpc) is 3.25. The van der Waals surface area contributed by atoms with Crippen molar-refractivity contribution in [2.75, 3.05) is 12.3 Å². The Morgan fingerprint density at radius 2 is 1.90 bits per heavy atom. The molecular formula is C22H20N4O3S. The molecule has 2 aromatic carbocycles. The Balaban J connectivity index is 1.22. The number of nitrogens with zero attached hydrogens (tertiary/aromatic N) is 3. The van der Waals surface area contributed by atoms with E-state index in [0.717, 1.165) is 17.3 Å². The van der Waals surface area contributed by atoms with Crippen molar-refractivity contribution >= 4 is 28.6 Å². The van der Waals surface area contributed by atoms with E-state index < -0.39 is 0 Å². The molecule has 1 amide bonds. The number of ether oxygens (including phenoxy) is 1. The van der Waals surface area contributed by atoms with E-state index in [0.29, 0.717) is 23.4 Å². The van der Waals surface area contributed by atoms with E-state index in [1.807, 2.05) is 60.7 Å². The molecule has 0 atom stereocenters. The first-order valence-electron chi connectivity index (χ1n) is 9.50.